The van der Waals surface area contributed by atoms with Crippen molar-refractivity contribution < 1.29 is 26.2 Å². The lowest BCUT2D eigenvalue weighted by atomic mass is 10.3. The van der Waals surface area contributed by atoms with Gasteiger partial charge in [0.05, 0.1) is 6.26 Å². The molecule has 1 heterocycles. The number of rotatable bonds is 5. The molecule has 3 aromatic rings. The summed E-state index contributed by atoms with van der Waals surface area (Å²) in [4.78, 5) is 11.2. The highest BCUT2D eigenvalue weighted by atomic mass is 35.5. The Bertz CT molecular complexity index is 1030. The molecule has 0 saturated carbocycles. The second kappa shape index (κ2) is 7.19. The summed E-state index contributed by atoms with van der Waals surface area (Å²) in [6.07, 6.45) is 1.37. The van der Waals surface area contributed by atoms with Gasteiger partial charge in [0.1, 0.15) is 16.5 Å². The summed E-state index contributed by atoms with van der Waals surface area (Å²) in [6.45, 7) is 0. The van der Waals surface area contributed by atoms with Gasteiger partial charge in [0.25, 0.3) is 5.91 Å². The zero-order valence-corrected chi connectivity index (χ0v) is 14.6. The maximum atomic E-state index is 13.8. The second-order valence-corrected chi connectivity index (χ2v) is 7.02. The SMILES string of the molecule is O=C(Nc1ccc(OS(=O)(=O)c2ccc(Cl)cc2F)cc1)c1ccco1. The summed E-state index contributed by atoms with van der Waals surface area (Å²) in [5, 5.41) is 2.64. The lowest BCUT2D eigenvalue weighted by molar-refractivity contribution is 0.0996. The minimum atomic E-state index is -4.37. The Hall–Kier alpha value is -2.84. The highest BCUT2D eigenvalue weighted by Gasteiger charge is 2.21. The maximum absolute atomic E-state index is 13.8. The van der Waals surface area contributed by atoms with Gasteiger partial charge in [-0.3, -0.25) is 4.79 Å². The minimum absolute atomic E-state index is 0.0460. The molecule has 26 heavy (non-hydrogen) atoms. The maximum Gasteiger partial charge on any atom is 0.342 e. The molecule has 0 unspecified atom stereocenters. The van der Waals surface area contributed by atoms with Crippen LogP contribution >= 0.6 is 11.6 Å². The number of halogens is 2. The summed E-state index contributed by atoms with van der Waals surface area (Å²) < 4.78 is 48.0. The molecule has 0 spiro atoms. The van der Waals surface area contributed by atoms with E-state index in [1.54, 1.807) is 6.07 Å². The Balaban J connectivity index is 1.73. The molecule has 1 aromatic heterocycles. The van der Waals surface area contributed by atoms with E-state index >= 15 is 0 Å². The molecule has 2 aromatic carbocycles. The number of carbonyl (C=O) groups excluding carboxylic acids is 1. The number of hydrogen-bond acceptors (Lipinski definition) is 5. The average Bonchev–Trinajstić information content (AvgIpc) is 3.10. The summed E-state index contributed by atoms with van der Waals surface area (Å²) in [7, 11) is -4.37. The number of nitrogens with one attached hydrogen (secondary N) is 1. The molecule has 3 rings (SSSR count). The first-order valence-electron chi connectivity index (χ1n) is 7.19. The lowest BCUT2D eigenvalue weighted by Gasteiger charge is -2.09. The van der Waals surface area contributed by atoms with Crippen molar-refractivity contribution in [2.45, 2.75) is 4.90 Å². The fraction of sp³-hybridized carbons (Fsp3) is 0. The normalized spacial score (nSPS) is 11.2. The third kappa shape index (κ3) is 4.04. The molecular weight excluding hydrogens is 385 g/mol. The molecule has 0 fully saturated rings. The van der Waals surface area contributed by atoms with Gasteiger partial charge < -0.3 is 13.9 Å². The first kappa shape index (κ1) is 18.0. The Morgan fingerprint density at radius 1 is 1.12 bits per heavy atom. The van der Waals surface area contributed by atoms with Gasteiger partial charge in [-0.25, -0.2) is 4.39 Å². The predicted molar refractivity (Wildman–Crippen MR) is 92.3 cm³/mol. The minimum Gasteiger partial charge on any atom is -0.459 e. The van der Waals surface area contributed by atoms with E-state index in [2.05, 4.69) is 5.32 Å². The molecular formula is C17H11ClFNO5S. The summed E-state index contributed by atoms with van der Waals surface area (Å²) in [6, 6.07) is 11.7. The molecule has 6 nitrogen and oxygen atoms in total. The molecule has 0 atom stereocenters. The molecule has 0 aliphatic heterocycles. The molecule has 0 radical (unpaired) electrons. The van der Waals surface area contributed by atoms with Crippen molar-refractivity contribution in [1.82, 2.24) is 0 Å². The van der Waals surface area contributed by atoms with Crippen molar-refractivity contribution >= 4 is 33.3 Å². The van der Waals surface area contributed by atoms with Crippen LogP contribution in [0.3, 0.4) is 0 Å². The van der Waals surface area contributed by atoms with Crippen molar-refractivity contribution in [2.75, 3.05) is 5.32 Å². The Labute approximate surface area is 153 Å². The Kier molecular flexibility index (Phi) is 4.97. The van der Waals surface area contributed by atoms with Crippen LogP contribution in [0, 0.1) is 5.82 Å². The first-order chi connectivity index (χ1) is 12.3. The molecule has 0 aliphatic carbocycles. The summed E-state index contributed by atoms with van der Waals surface area (Å²) >= 11 is 5.61. The Morgan fingerprint density at radius 2 is 1.85 bits per heavy atom. The topological polar surface area (TPSA) is 85.6 Å². The van der Waals surface area contributed by atoms with Crippen LogP contribution in [0.25, 0.3) is 0 Å². The highest BCUT2D eigenvalue weighted by Crippen LogP contribution is 2.24. The molecule has 1 amide bonds. The molecule has 1 N–H and O–H groups in total. The van der Waals surface area contributed by atoms with Gasteiger partial charge in [-0.15, -0.1) is 0 Å². The zero-order valence-electron chi connectivity index (χ0n) is 13.0. The van der Waals surface area contributed by atoms with Crippen molar-refractivity contribution in [3.63, 3.8) is 0 Å². The van der Waals surface area contributed by atoms with E-state index in [1.807, 2.05) is 0 Å². The van der Waals surface area contributed by atoms with E-state index in [1.165, 1.54) is 42.7 Å². The largest absolute Gasteiger partial charge is 0.459 e. The van der Waals surface area contributed by atoms with Gasteiger partial charge in [-0.2, -0.15) is 8.42 Å². The van der Waals surface area contributed by atoms with Gasteiger partial charge in [0, 0.05) is 10.7 Å². The van der Waals surface area contributed by atoms with Crippen molar-refractivity contribution in [1.29, 1.82) is 0 Å². The van der Waals surface area contributed by atoms with E-state index in [0.29, 0.717) is 5.69 Å². The monoisotopic (exact) mass is 395 g/mol. The van der Waals surface area contributed by atoms with Gasteiger partial charge in [-0.05, 0) is 54.6 Å². The average molecular weight is 396 g/mol. The predicted octanol–water partition coefficient (Wildman–Crippen LogP) is 4.09. The first-order valence-corrected chi connectivity index (χ1v) is 8.98. The van der Waals surface area contributed by atoms with Crippen molar-refractivity contribution in [2.24, 2.45) is 0 Å². The summed E-state index contributed by atoms with van der Waals surface area (Å²) in [5.41, 5.74) is 0.397. The fourth-order valence-electron chi connectivity index (χ4n) is 2.04. The van der Waals surface area contributed by atoms with Gasteiger partial charge in [0.2, 0.25) is 0 Å². The highest BCUT2D eigenvalue weighted by molar-refractivity contribution is 7.87. The number of furan rings is 1. The van der Waals surface area contributed by atoms with E-state index in [9.17, 15) is 17.6 Å². The zero-order chi connectivity index (χ0) is 18.7. The van der Waals surface area contributed by atoms with Crippen LogP contribution in [-0.2, 0) is 10.1 Å². The number of carbonyl (C=O) groups is 1. The molecule has 0 saturated heterocycles. The van der Waals surface area contributed by atoms with Crippen LogP contribution in [0.15, 0.2) is 70.2 Å². The number of amides is 1. The van der Waals surface area contributed by atoms with Crippen LogP contribution < -0.4 is 9.50 Å². The van der Waals surface area contributed by atoms with Crippen molar-refractivity contribution in [3.05, 3.63) is 77.5 Å². The van der Waals surface area contributed by atoms with Crippen LogP contribution in [0.5, 0.6) is 5.75 Å². The van der Waals surface area contributed by atoms with Crippen molar-refractivity contribution in [3.8, 4) is 5.75 Å². The third-order valence-electron chi connectivity index (χ3n) is 3.23. The molecule has 0 bridgehead atoms. The summed E-state index contributed by atoms with van der Waals surface area (Å²) in [5.74, 6) is -1.39. The quantitative estimate of drug-likeness (QED) is 0.657. The second-order valence-electron chi connectivity index (χ2n) is 5.07. The van der Waals surface area contributed by atoms with Gasteiger partial charge in [-0.1, -0.05) is 11.6 Å². The Morgan fingerprint density at radius 3 is 2.46 bits per heavy atom. The van der Waals surface area contributed by atoms with E-state index in [0.717, 1.165) is 12.1 Å². The van der Waals surface area contributed by atoms with Crippen LogP contribution in [0.2, 0.25) is 5.02 Å². The van der Waals surface area contributed by atoms with Crippen LogP contribution in [0.1, 0.15) is 10.6 Å². The smallest absolute Gasteiger partial charge is 0.342 e. The van der Waals surface area contributed by atoms with E-state index < -0.39 is 26.7 Å². The van der Waals surface area contributed by atoms with Gasteiger partial charge in [0.15, 0.2) is 5.76 Å². The van der Waals surface area contributed by atoms with Gasteiger partial charge >= 0.3 is 10.1 Å². The number of benzene rings is 2. The molecule has 9 heteroatoms. The third-order valence-corrected chi connectivity index (χ3v) is 4.74. The standard InChI is InChI=1S/C17H11ClFNO5S/c18-11-3-8-16(14(19)10-11)26(22,23)25-13-6-4-12(5-7-13)20-17(21)15-2-1-9-24-15/h1-10H,(H,20,21). The van der Waals surface area contributed by atoms with E-state index in [-0.39, 0.29) is 16.5 Å². The molecule has 0 aliphatic rings. The fourth-order valence-corrected chi connectivity index (χ4v) is 3.19. The molecule has 134 valence electrons. The number of anilines is 1. The lowest BCUT2D eigenvalue weighted by Crippen LogP contribution is -2.12. The van der Waals surface area contributed by atoms with Crippen LogP contribution in [-0.4, -0.2) is 14.3 Å². The van der Waals surface area contributed by atoms with E-state index in [4.69, 9.17) is 20.2 Å². The number of hydrogen-bond donors (Lipinski definition) is 1. The van der Waals surface area contributed by atoms with Crippen LogP contribution in [0.4, 0.5) is 10.1 Å².